The van der Waals surface area contributed by atoms with Gasteiger partial charge in [0.15, 0.2) is 24.2 Å². The van der Waals surface area contributed by atoms with Crippen LogP contribution in [0.3, 0.4) is 0 Å². The Bertz CT molecular complexity index is 3910. The first-order valence-electron chi connectivity index (χ1n) is 27.3. The van der Waals surface area contributed by atoms with E-state index in [2.05, 4.69) is 58.5 Å². The largest absolute Gasteiger partial charge is 0.507 e. The Labute approximate surface area is 508 Å². The topological polar surface area (TPSA) is 244 Å². The number of aromatic nitrogens is 8. The quantitative estimate of drug-likeness (QED) is 0.0161. The zero-order valence-electron chi connectivity index (χ0n) is 48.9. The maximum absolute atomic E-state index is 12.1. The SMILES string of the molecule is CC(=O)O/C=C/c1cc(C(O)=CC(=O)c2ncn[nH]2)cn1Cc1ccccc1.COC(=O)/C=C/c1cc(C(C)=O)cn1Cc1ccccc1.COC(=O)/C=C/c1cccn1Cc1ccccc1.O=Cc1ccc[nH]1.O=Cc1cccn1Cc1ccccc1. The molecule has 19 nitrogen and oxygen atoms in total. The third-order valence-corrected chi connectivity index (χ3v) is 12.5. The van der Waals surface area contributed by atoms with Crippen LogP contribution in [-0.4, -0.2) is 99.8 Å². The molecule has 0 spiro atoms. The summed E-state index contributed by atoms with van der Waals surface area (Å²) in [6, 6.07) is 54.5. The standard InChI is InChI=1S/C20H18N4O4.C17H17NO3.C15H15NO2.C12H11NO.C5H5NO/c1-14(25)28-8-7-17-9-16(12-24(17)11-15-5-3-2-4-6-15)18(26)10-19(27)20-21-13-22-23-20;1-13(19)15-10-16(8-9-17(20)21-2)18(12-15)11-14-6-4-3-5-7-14;1-18-15(17)10-9-14-8-5-11-16(14)12-13-6-3-2-4-7-13;14-10-12-7-4-8-13(12)9-11-5-2-1-3-6-11;7-4-5-2-1-3-6-5/h2-10,12-13,26H,11H2,1H3,(H,21,22,23);3-10,12H,11H2,1-2H3;2-11H,12H2,1H3;1-8,10H,9H2;1-4,6H/b8-7+,18-10?;9-8+;10-9+;;. The summed E-state index contributed by atoms with van der Waals surface area (Å²) in [5.41, 5.74) is 9.44. The number of aldehydes is 2. The monoisotopic (exact) mass is 1180 g/mol. The minimum Gasteiger partial charge on any atom is -0.507 e. The van der Waals surface area contributed by atoms with E-state index < -0.39 is 17.7 Å². The van der Waals surface area contributed by atoms with Gasteiger partial charge in [0.05, 0.1) is 31.9 Å². The summed E-state index contributed by atoms with van der Waals surface area (Å²) < 4.78 is 21.8. The Morgan fingerprint density at radius 1 is 0.534 bits per heavy atom. The normalized spacial score (nSPS) is 10.8. The second-order valence-electron chi connectivity index (χ2n) is 18.9. The lowest BCUT2D eigenvalue weighted by molar-refractivity contribution is -0.136. The van der Waals surface area contributed by atoms with Crippen LogP contribution in [-0.2, 0) is 54.8 Å². The van der Waals surface area contributed by atoms with Crippen LogP contribution in [0.1, 0.15) is 101 Å². The van der Waals surface area contributed by atoms with Gasteiger partial charge >= 0.3 is 17.9 Å². The molecule has 0 fully saturated rings. The van der Waals surface area contributed by atoms with Gasteiger partial charge < -0.3 is 42.6 Å². The van der Waals surface area contributed by atoms with E-state index in [0.29, 0.717) is 41.3 Å². The number of allylic oxidation sites excluding steroid dienone is 1. The van der Waals surface area contributed by atoms with Crippen LogP contribution in [0.2, 0.25) is 0 Å². The fourth-order valence-electron chi connectivity index (χ4n) is 8.12. The van der Waals surface area contributed by atoms with E-state index in [0.717, 1.165) is 54.3 Å². The minimum atomic E-state index is -0.497. The zero-order valence-corrected chi connectivity index (χ0v) is 48.9. The molecule has 6 aromatic heterocycles. The minimum absolute atomic E-state index is 0.00507. The number of nitrogens with one attached hydrogen (secondary N) is 2. The van der Waals surface area contributed by atoms with E-state index in [1.54, 1.807) is 61.1 Å². The molecule has 0 aliphatic heterocycles. The third kappa shape index (κ3) is 22.1. The van der Waals surface area contributed by atoms with Gasteiger partial charge in [-0.3, -0.25) is 29.1 Å². The highest BCUT2D eigenvalue weighted by Gasteiger charge is 2.13. The first-order valence-corrected chi connectivity index (χ1v) is 27.3. The molecule has 0 saturated heterocycles. The second-order valence-corrected chi connectivity index (χ2v) is 18.9. The number of carbonyl (C=O) groups is 7. The number of rotatable bonds is 20. The Kier molecular flexibility index (Phi) is 26.3. The van der Waals surface area contributed by atoms with Gasteiger partial charge in [0.25, 0.3) is 0 Å². The molecule has 0 amide bonds. The Balaban J connectivity index is 0.000000185. The van der Waals surface area contributed by atoms with Crippen molar-refractivity contribution in [1.82, 2.24) is 38.4 Å². The molecule has 0 radical (unpaired) electrons. The number of ether oxygens (including phenoxy) is 3. The van der Waals surface area contributed by atoms with E-state index in [9.17, 15) is 38.7 Å². The fourth-order valence-corrected chi connectivity index (χ4v) is 8.12. The number of aromatic amines is 2. The Morgan fingerprint density at radius 3 is 1.43 bits per heavy atom. The third-order valence-electron chi connectivity index (χ3n) is 12.5. The molecule has 3 N–H and O–H groups in total. The lowest BCUT2D eigenvalue weighted by Crippen LogP contribution is -2.01. The lowest BCUT2D eigenvalue weighted by Gasteiger charge is -2.06. The highest BCUT2D eigenvalue weighted by molar-refractivity contribution is 6.05. The van der Waals surface area contributed by atoms with E-state index in [-0.39, 0.29) is 23.3 Å². The summed E-state index contributed by atoms with van der Waals surface area (Å²) in [5.74, 6) is -1.88. The fraction of sp³-hybridized carbons (Fsp3) is 0.116. The van der Waals surface area contributed by atoms with Crippen molar-refractivity contribution >= 4 is 66.0 Å². The Hall–Kier alpha value is -11.7. The number of nitrogens with zero attached hydrogens (tertiary/aromatic N) is 6. The van der Waals surface area contributed by atoms with Gasteiger partial charge in [-0.2, -0.15) is 5.10 Å². The molecule has 0 aliphatic rings. The molecule has 448 valence electrons. The van der Waals surface area contributed by atoms with Crippen LogP contribution in [0.25, 0.3) is 24.0 Å². The number of carbonyl (C=O) groups excluding carboxylic acids is 7. The number of esters is 3. The van der Waals surface area contributed by atoms with Gasteiger partial charge in [0, 0.05) is 111 Å². The number of aliphatic hydroxyl groups is 1. The highest BCUT2D eigenvalue weighted by atomic mass is 16.5. The van der Waals surface area contributed by atoms with Gasteiger partial charge in [-0.05, 0) is 95.9 Å². The van der Waals surface area contributed by atoms with Crippen LogP contribution < -0.4 is 0 Å². The van der Waals surface area contributed by atoms with Gasteiger partial charge in [0.1, 0.15) is 12.1 Å². The van der Waals surface area contributed by atoms with Crippen molar-refractivity contribution in [2.24, 2.45) is 0 Å². The number of H-pyrrole nitrogens is 2. The number of ketones is 2. The lowest BCUT2D eigenvalue weighted by atomic mass is 10.2. The van der Waals surface area contributed by atoms with Gasteiger partial charge in [-0.1, -0.05) is 121 Å². The van der Waals surface area contributed by atoms with Crippen molar-refractivity contribution in [3.8, 4) is 0 Å². The zero-order chi connectivity index (χ0) is 62.9. The van der Waals surface area contributed by atoms with E-state index in [4.69, 9.17) is 4.74 Å². The van der Waals surface area contributed by atoms with E-state index in [1.165, 1.54) is 63.9 Å². The average Bonchev–Trinajstić information content (AvgIpc) is 4.38. The number of benzene rings is 4. The molecule has 10 rings (SSSR count). The van der Waals surface area contributed by atoms with Crippen molar-refractivity contribution in [3.05, 3.63) is 299 Å². The van der Waals surface area contributed by atoms with Crippen LogP contribution in [0.4, 0.5) is 0 Å². The van der Waals surface area contributed by atoms with Gasteiger partial charge in [-0.15, -0.1) is 0 Å². The molecule has 0 aliphatic carbocycles. The van der Waals surface area contributed by atoms with Crippen molar-refractivity contribution in [3.63, 3.8) is 0 Å². The molecule has 4 aromatic carbocycles. The first-order chi connectivity index (χ1) is 42.7. The number of aliphatic hydroxyl groups excluding tert-OH is 1. The summed E-state index contributed by atoms with van der Waals surface area (Å²) in [4.78, 5) is 83.8. The molecule has 0 bridgehead atoms. The van der Waals surface area contributed by atoms with Crippen molar-refractivity contribution in [2.45, 2.75) is 40.0 Å². The molecule has 88 heavy (non-hydrogen) atoms. The van der Waals surface area contributed by atoms with Crippen LogP contribution >= 0.6 is 0 Å². The maximum atomic E-state index is 12.1. The molecule has 0 saturated carbocycles. The number of hydrogen-bond donors (Lipinski definition) is 3. The highest BCUT2D eigenvalue weighted by Crippen LogP contribution is 2.20. The molecule has 10 aromatic rings. The summed E-state index contributed by atoms with van der Waals surface area (Å²) in [6.07, 6.45) is 22.1. The van der Waals surface area contributed by atoms with Crippen LogP contribution in [0.5, 0.6) is 0 Å². The predicted molar refractivity (Wildman–Crippen MR) is 336 cm³/mol. The van der Waals surface area contributed by atoms with Crippen molar-refractivity contribution in [1.29, 1.82) is 0 Å². The van der Waals surface area contributed by atoms with Gasteiger partial charge in [0.2, 0.25) is 5.78 Å². The smallest absolute Gasteiger partial charge is 0.330 e. The molecular weight excluding hydrogens is 1120 g/mol. The van der Waals surface area contributed by atoms with Crippen molar-refractivity contribution < 1.29 is 52.9 Å². The molecular formula is C69H66N8O11. The van der Waals surface area contributed by atoms with Crippen LogP contribution in [0.15, 0.2) is 232 Å². The molecule has 19 heteroatoms. The number of Topliss-reactive ketones (excluding diaryl/α,β-unsaturated/α-hetero) is 1. The van der Waals surface area contributed by atoms with Crippen LogP contribution in [0, 0.1) is 0 Å². The molecule has 6 heterocycles. The summed E-state index contributed by atoms with van der Waals surface area (Å²) in [6.45, 7) is 5.54. The van der Waals surface area contributed by atoms with E-state index >= 15 is 0 Å². The summed E-state index contributed by atoms with van der Waals surface area (Å²) >= 11 is 0. The predicted octanol–water partition coefficient (Wildman–Crippen LogP) is 11.8. The molecule has 0 unspecified atom stereocenters. The van der Waals surface area contributed by atoms with Gasteiger partial charge in [-0.25, -0.2) is 14.6 Å². The van der Waals surface area contributed by atoms with Crippen molar-refractivity contribution in [2.75, 3.05) is 14.2 Å². The number of hydrogen-bond acceptors (Lipinski definition) is 13. The second kappa shape index (κ2) is 35.4. The maximum Gasteiger partial charge on any atom is 0.330 e. The Morgan fingerprint density at radius 2 is 1.00 bits per heavy atom. The summed E-state index contributed by atoms with van der Waals surface area (Å²) in [5, 5.41) is 16.4. The molecule has 0 atom stereocenters. The first kappa shape index (κ1) is 65.4. The van der Waals surface area contributed by atoms with E-state index in [1.807, 2.05) is 147 Å². The summed E-state index contributed by atoms with van der Waals surface area (Å²) in [7, 11) is 2.70. The number of methoxy groups -OCH3 is 2. The average molecular weight is 1180 g/mol.